The number of fused-ring (bicyclic) bond motifs is 10. The second kappa shape index (κ2) is 10.0. The van der Waals surface area contributed by atoms with Crippen molar-refractivity contribution in [3.05, 3.63) is 139 Å². The molecule has 0 amide bonds. The standard InChI is InChI=1S/C39H30N2O/c40-33-22-9-6-17-28(33)27(26-14-2-1-3-15-26)16-12-13-25-41-34-23-10-7-20-31(34)36-37-32-21-8-11-24-35(32)42-39(37)30-19-5-4-18-29(30)38(36)41/h1-11,14-15,17-24,40H,12-13,16,25H2/b28-27+,40-33?. The predicted octanol–water partition coefficient (Wildman–Crippen LogP) is 10.6. The van der Waals surface area contributed by atoms with Gasteiger partial charge in [0.1, 0.15) is 11.2 Å². The summed E-state index contributed by atoms with van der Waals surface area (Å²) in [5, 5.41) is 15.9. The Kier molecular flexibility index (Phi) is 5.89. The van der Waals surface area contributed by atoms with Gasteiger partial charge in [-0.1, -0.05) is 109 Å². The maximum Gasteiger partial charge on any atom is 0.144 e. The zero-order valence-corrected chi connectivity index (χ0v) is 23.3. The van der Waals surface area contributed by atoms with Crippen LogP contribution in [0.15, 0.2) is 137 Å². The number of aromatic nitrogens is 1. The van der Waals surface area contributed by atoms with Gasteiger partial charge in [0, 0.05) is 50.0 Å². The van der Waals surface area contributed by atoms with Gasteiger partial charge >= 0.3 is 0 Å². The van der Waals surface area contributed by atoms with Gasteiger partial charge in [-0.2, -0.15) is 0 Å². The molecule has 1 N–H and O–H groups in total. The van der Waals surface area contributed by atoms with E-state index >= 15 is 0 Å². The molecule has 7 aromatic rings. The smallest absolute Gasteiger partial charge is 0.144 e. The van der Waals surface area contributed by atoms with Gasteiger partial charge < -0.3 is 14.4 Å². The number of furan rings is 1. The van der Waals surface area contributed by atoms with Crippen molar-refractivity contribution in [1.82, 2.24) is 4.57 Å². The molecule has 0 spiro atoms. The van der Waals surface area contributed by atoms with E-state index in [1.54, 1.807) is 0 Å². The van der Waals surface area contributed by atoms with Crippen LogP contribution in [0.1, 0.15) is 24.8 Å². The second-order valence-corrected chi connectivity index (χ2v) is 11.1. The molecule has 0 saturated carbocycles. The van der Waals surface area contributed by atoms with Gasteiger partial charge in [-0.05, 0) is 48.6 Å². The van der Waals surface area contributed by atoms with Crippen molar-refractivity contribution >= 4 is 65.8 Å². The van der Waals surface area contributed by atoms with Gasteiger partial charge in [-0.15, -0.1) is 0 Å². The molecule has 0 unspecified atom stereocenters. The molecule has 0 radical (unpaired) electrons. The number of hydrogen-bond donors (Lipinski definition) is 1. The van der Waals surface area contributed by atoms with Gasteiger partial charge in [0.2, 0.25) is 0 Å². The summed E-state index contributed by atoms with van der Waals surface area (Å²) in [6.45, 7) is 0.917. The van der Waals surface area contributed by atoms with Crippen molar-refractivity contribution < 1.29 is 4.42 Å². The lowest BCUT2D eigenvalue weighted by molar-refractivity contribution is 0.646. The third kappa shape index (κ3) is 3.85. The molecule has 202 valence electrons. The normalized spacial score (nSPS) is 14.7. The maximum atomic E-state index is 8.58. The van der Waals surface area contributed by atoms with Crippen LogP contribution < -0.4 is 0 Å². The number of benzene rings is 5. The van der Waals surface area contributed by atoms with Crippen LogP contribution in [-0.4, -0.2) is 10.3 Å². The number of allylic oxidation sites excluding steroid dienone is 6. The molecule has 0 aliphatic heterocycles. The van der Waals surface area contributed by atoms with E-state index in [9.17, 15) is 0 Å². The number of unbranched alkanes of at least 4 members (excludes halogenated alkanes) is 1. The Morgan fingerprint density at radius 1 is 0.643 bits per heavy atom. The fraction of sp³-hybridized carbons (Fsp3) is 0.103. The minimum absolute atomic E-state index is 0.585. The van der Waals surface area contributed by atoms with Crippen LogP contribution in [0, 0.1) is 5.41 Å². The highest BCUT2D eigenvalue weighted by atomic mass is 16.3. The lowest BCUT2D eigenvalue weighted by Crippen LogP contribution is -2.03. The Morgan fingerprint density at radius 3 is 2.17 bits per heavy atom. The van der Waals surface area contributed by atoms with Crippen LogP contribution >= 0.6 is 0 Å². The predicted molar refractivity (Wildman–Crippen MR) is 177 cm³/mol. The summed E-state index contributed by atoms with van der Waals surface area (Å²) in [6.07, 6.45) is 11.0. The summed E-state index contributed by atoms with van der Waals surface area (Å²) in [5.74, 6) is 0. The van der Waals surface area contributed by atoms with Crippen molar-refractivity contribution in [3.8, 4) is 0 Å². The number of rotatable bonds is 6. The fourth-order valence-corrected chi connectivity index (χ4v) is 6.83. The molecule has 0 bridgehead atoms. The van der Waals surface area contributed by atoms with Crippen molar-refractivity contribution in [3.63, 3.8) is 0 Å². The summed E-state index contributed by atoms with van der Waals surface area (Å²) in [4.78, 5) is 0. The molecular weight excluding hydrogens is 512 g/mol. The maximum absolute atomic E-state index is 8.58. The number of aryl methyl sites for hydroxylation is 1. The monoisotopic (exact) mass is 542 g/mol. The van der Waals surface area contributed by atoms with E-state index in [2.05, 4.69) is 108 Å². The average Bonchev–Trinajstić information content (AvgIpc) is 3.59. The molecule has 3 nitrogen and oxygen atoms in total. The second-order valence-electron chi connectivity index (χ2n) is 11.1. The zero-order valence-electron chi connectivity index (χ0n) is 23.3. The minimum atomic E-state index is 0.585. The number of nitrogens with zero attached hydrogens (tertiary/aromatic N) is 1. The third-order valence-electron chi connectivity index (χ3n) is 8.68. The van der Waals surface area contributed by atoms with Gasteiger partial charge in [0.15, 0.2) is 0 Å². The van der Waals surface area contributed by atoms with Crippen LogP contribution in [0.5, 0.6) is 0 Å². The van der Waals surface area contributed by atoms with Gasteiger partial charge in [0.25, 0.3) is 0 Å². The minimum Gasteiger partial charge on any atom is -0.455 e. The Hall–Kier alpha value is -5.15. The molecular formula is C39H30N2O. The largest absolute Gasteiger partial charge is 0.455 e. The number of hydrogen-bond acceptors (Lipinski definition) is 2. The van der Waals surface area contributed by atoms with E-state index in [0.29, 0.717) is 5.71 Å². The lowest BCUT2D eigenvalue weighted by Gasteiger charge is -2.15. The third-order valence-corrected chi connectivity index (χ3v) is 8.68. The van der Waals surface area contributed by atoms with E-state index in [1.807, 2.05) is 24.3 Å². The van der Waals surface area contributed by atoms with Crippen molar-refractivity contribution in [1.29, 1.82) is 5.41 Å². The molecule has 42 heavy (non-hydrogen) atoms. The summed E-state index contributed by atoms with van der Waals surface area (Å²) in [6, 6.07) is 36.5. The Labute approximate surface area is 244 Å². The number of nitrogens with one attached hydrogen (secondary N) is 1. The van der Waals surface area contributed by atoms with Crippen LogP contribution in [-0.2, 0) is 6.54 Å². The molecule has 2 heterocycles. The Balaban J connectivity index is 1.25. The lowest BCUT2D eigenvalue weighted by atomic mass is 9.90. The molecule has 5 aromatic carbocycles. The molecule has 0 saturated heterocycles. The molecule has 0 atom stereocenters. The quantitative estimate of drug-likeness (QED) is 0.209. The summed E-state index contributed by atoms with van der Waals surface area (Å²) in [5.41, 5.74) is 8.52. The van der Waals surface area contributed by atoms with Crippen LogP contribution in [0.25, 0.3) is 60.1 Å². The van der Waals surface area contributed by atoms with E-state index in [-0.39, 0.29) is 0 Å². The van der Waals surface area contributed by atoms with Crippen molar-refractivity contribution in [2.75, 3.05) is 0 Å². The molecule has 3 heteroatoms. The molecule has 0 fully saturated rings. The van der Waals surface area contributed by atoms with Gasteiger partial charge in [-0.25, -0.2) is 0 Å². The molecule has 8 rings (SSSR count). The van der Waals surface area contributed by atoms with Gasteiger partial charge in [-0.3, -0.25) is 0 Å². The molecule has 1 aliphatic rings. The first kappa shape index (κ1) is 24.6. The fourth-order valence-electron chi connectivity index (χ4n) is 6.83. The van der Waals surface area contributed by atoms with E-state index in [1.165, 1.54) is 49.1 Å². The van der Waals surface area contributed by atoms with E-state index in [4.69, 9.17) is 9.83 Å². The first-order chi connectivity index (χ1) is 20.8. The van der Waals surface area contributed by atoms with Crippen LogP contribution in [0.2, 0.25) is 0 Å². The average molecular weight is 543 g/mol. The molecule has 2 aromatic heterocycles. The van der Waals surface area contributed by atoms with Crippen LogP contribution in [0.4, 0.5) is 0 Å². The van der Waals surface area contributed by atoms with Crippen molar-refractivity contribution in [2.45, 2.75) is 25.8 Å². The summed E-state index contributed by atoms with van der Waals surface area (Å²) < 4.78 is 9.06. The number of para-hydroxylation sites is 2. The first-order valence-corrected chi connectivity index (χ1v) is 14.7. The highest BCUT2D eigenvalue weighted by Gasteiger charge is 2.21. The van der Waals surface area contributed by atoms with Gasteiger partial charge in [0.05, 0.1) is 11.2 Å². The highest BCUT2D eigenvalue weighted by molar-refractivity contribution is 6.35. The van der Waals surface area contributed by atoms with Crippen LogP contribution in [0.3, 0.4) is 0 Å². The molecule has 1 aliphatic carbocycles. The van der Waals surface area contributed by atoms with E-state index < -0.39 is 0 Å². The van der Waals surface area contributed by atoms with Crippen molar-refractivity contribution in [2.24, 2.45) is 0 Å². The SMILES string of the molecule is N=C1C=CC=C/C1=C(/CCCCn1c2ccccc2c2c3c4ccccc4oc3c3ccccc3c21)c1ccccc1. The Bertz CT molecular complexity index is 2260. The Morgan fingerprint density at radius 2 is 1.33 bits per heavy atom. The summed E-state index contributed by atoms with van der Waals surface area (Å²) in [7, 11) is 0. The first-order valence-electron chi connectivity index (χ1n) is 14.7. The zero-order chi connectivity index (χ0) is 28.0. The summed E-state index contributed by atoms with van der Waals surface area (Å²) >= 11 is 0. The topological polar surface area (TPSA) is 41.9 Å². The highest BCUT2D eigenvalue weighted by Crippen LogP contribution is 2.45. The van der Waals surface area contributed by atoms with E-state index in [0.717, 1.165) is 47.9 Å².